The molecule has 0 amide bonds. The Balaban J connectivity index is 1.76. The lowest BCUT2D eigenvalue weighted by atomic mass is 10.0. The van der Waals surface area contributed by atoms with Gasteiger partial charge < -0.3 is 15.2 Å². The number of anilines is 2. The molecule has 0 fully saturated rings. The van der Waals surface area contributed by atoms with E-state index in [1.807, 2.05) is 61.5 Å². The third kappa shape index (κ3) is 3.53. The lowest BCUT2D eigenvalue weighted by molar-refractivity contribution is 0.340. The number of aromatic nitrogens is 2. The van der Waals surface area contributed by atoms with E-state index in [9.17, 15) is 5.11 Å². The molecule has 1 heterocycles. The van der Waals surface area contributed by atoms with Crippen molar-refractivity contribution in [1.82, 2.24) is 10.2 Å². The van der Waals surface area contributed by atoms with Crippen LogP contribution in [0.3, 0.4) is 0 Å². The molecule has 0 atom stereocenters. The molecule has 5 nitrogen and oxygen atoms in total. The van der Waals surface area contributed by atoms with E-state index in [1.54, 1.807) is 18.2 Å². The molecule has 0 spiro atoms. The van der Waals surface area contributed by atoms with Crippen molar-refractivity contribution in [1.29, 1.82) is 0 Å². The number of benzene rings is 3. The molecule has 4 aromatic rings. The molecule has 4 rings (SSSR count). The van der Waals surface area contributed by atoms with Crippen molar-refractivity contribution in [2.24, 2.45) is 0 Å². The van der Waals surface area contributed by atoms with Crippen LogP contribution in [0.4, 0.5) is 11.5 Å². The Morgan fingerprint density at radius 2 is 1.67 bits per heavy atom. The fourth-order valence-electron chi connectivity index (χ4n) is 3.01. The number of nitrogens with zero attached hydrogens (tertiary/aromatic N) is 2. The molecule has 0 aliphatic carbocycles. The van der Waals surface area contributed by atoms with Crippen molar-refractivity contribution in [3.63, 3.8) is 0 Å². The van der Waals surface area contributed by atoms with Gasteiger partial charge in [0.05, 0.1) is 6.61 Å². The highest BCUT2D eigenvalue weighted by Crippen LogP contribution is 2.32. The van der Waals surface area contributed by atoms with Gasteiger partial charge in [0.25, 0.3) is 0 Å². The highest BCUT2D eigenvalue weighted by molar-refractivity contribution is 6.00. The summed E-state index contributed by atoms with van der Waals surface area (Å²) in [4.78, 5) is 0. The SMILES string of the molecule is CCOc1ccc(-c2nnc(Nc3cccc(O)c3)c3ccccc23)cc1. The van der Waals surface area contributed by atoms with Gasteiger partial charge in [0.1, 0.15) is 17.2 Å². The minimum Gasteiger partial charge on any atom is -0.508 e. The average molecular weight is 357 g/mol. The summed E-state index contributed by atoms with van der Waals surface area (Å²) in [5.74, 6) is 1.68. The van der Waals surface area contributed by atoms with Crippen LogP contribution >= 0.6 is 0 Å². The van der Waals surface area contributed by atoms with Crippen LogP contribution in [-0.2, 0) is 0 Å². The van der Waals surface area contributed by atoms with Gasteiger partial charge in [0.2, 0.25) is 0 Å². The van der Waals surface area contributed by atoms with Gasteiger partial charge in [-0.15, -0.1) is 10.2 Å². The summed E-state index contributed by atoms with van der Waals surface area (Å²) < 4.78 is 5.51. The van der Waals surface area contributed by atoms with Gasteiger partial charge in [-0.1, -0.05) is 30.3 Å². The number of phenolic OH excluding ortho intramolecular Hbond substituents is 1. The molecule has 0 aliphatic rings. The normalized spacial score (nSPS) is 10.7. The maximum Gasteiger partial charge on any atom is 0.161 e. The Labute approximate surface area is 157 Å². The Morgan fingerprint density at radius 3 is 2.41 bits per heavy atom. The van der Waals surface area contributed by atoms with Gasteiger partial charge in [-0.25, -0.2) is 0 Å². The predicted molar refractivity (Wildman–Crippen MR) is 108 cm³/mol. The van der Waals surface area contributed by atoms with Crippen LogP contribution < -0.4 is 10.1 Å². The van der Waals surface area contributed by atoms with Crippen LogP contribution in [0.5, 0.6) is 11.5 Å². The highest BCUT2D eigenvalue weighted by Gasteiger charge is 2.11. The monoisotopic (exact) mass is 357 g/mol. The van der Waals surface area contributed by atoms with Crippen molar-refractivity contribution < 1.29 is 9.84 Å². The summed E-state index contributed by atoms with van der Waals surface area (Å²) in [6.07, 6.45) is 0. The molecule has 3 aromatic carbocycles. The van der Waals surface area contributed by atoms with Gasteiger partial charge in [-0.3, -0.25) is 0 Å². The molecular weight excluding hydrogens is 338 g/mol. The molecule has 0 saturated carbocycles. The second-order valence-corrected chi connectivity index (χ2v) is 6.08. The van der Waals surface area contributed by atoms with Crippen LogP contribution in [0.15, 0.2) is 72.8 Å². The second-order valence-electron chi connectivity index (χ2n) is 6.08. The number of phenols is 1. The summed E-state index contributed by atoms with van der Waals surface area (Å²) in [5, 5.41) is 23.7. The first-order valence-corrected chi connectivity index (χ1v) is 8.79. The number of aromatic hydroxyl groups is 1. The smallest absolute Gasteiger partial charge is 0.161 e. The first-order valence-electron chi connectivity index (χ1n) is 8.79. The molecule has 2 N–H and O–H groups in total. The number of fused-ring (bicyclic) bond motifs is 1. The van der Waals surface area contributed by atoms with Crippen LogP contribution in [0.2, 0.25) is 0 Å². The number of hydrogen-bond donors (Lipinski definition) is 2. The highest BCUT2D eigenvalue weighted by atomic mass is 16.5. The van der Waals surface area contributed by atoms with Crippen molar-refractivity contribution in [2.45, 2.75) is 6.92 Å². The molecule has 0 aliphatic heterocycles. The maximum atomic E-state index is 9.67. The van der Waals surface area contributed by atoms with Crippen LogP contribution in [0, 0.1) is 0 Å². The van der Waals surface area contributed by atoms with Gasteiger partial charge in [-0.2, -0.15) is 0 Å². The summed E-state index contributed by atoms with van der Waals surface area (Å²) in [6.45, 7) is 2.60. The summed E-state index contributed by atoms with van der Waals surface area (Å²) in [5.41, 5.74) is 2.55. The van der Waals surface area contributed by atoms with Gasteiger partial charge >= 0.3 is 0 Å². The first-order chi connectivity index (χ1) is 13.2. The van der Waals surface area contributed by atoms with E-state index in [0.717, 1.165) is 33.5 Å². The third-order valence-corrected chi connectivity index (χ3v) is 4.23. The molecule has 1 aromatic heterocycles. The Hall–Kier alpha value is -3.60. The van der Waals surface area contributed by atoms with Crippen molar-refractivity contribution in [2.75, 3.05) is 11.9 Å². The fraction of sp³-hybridized carbons (Fsp3) is 0.0909. The second kappa shape index (κ2) is 7.33. The molecule has 134 valence electrons. The molecular formula is C22H19N3O2. The number of nitrogens with one attached hydrogen (secondary N) is 1. The minimum absolute atomic E-state index is 0.197. The minimum atomic E-state index is 0.197. The number of ether oxygens (including phenoxy) is 1. The number of hydrogen-bond acceptors (Lipinski definition) is 5. The summed E-state index contributed by atoms with van der Waals surface area (Å²) >= 11 is 0. The Bertz CT molecular complexity index is 1080. The van der Waals surface area contributed by atoms with E-state index in [1.165, 1.54) is 0 Å². The third-order valence-electron chi connectivity index (χ3n) is 4.23. The van der Waals surface area contributed by atoms with Crippen molar-refractivity contribution in [3.8, 4) is 22.8 Å². The first kappa shape index (κ1) is 16.8. The fourth-order valence-corrected chi connectivity index (χ4v) is 3.01. The lowest BCUT2D eigenvalue weighted by Crippen LogP contribution is -1.99. The van der Waals surface area contributed by atoms with Crippen LogP contribution in [0.1, 0.15) is 6.92 Å². The van der Waals surface area contributed by atoms with E-state index in [-0.39, 0.29) is 5.75 Å². The van der Waals surface area contributed by atoms with Crippen molar-refractivity contribution >= 4 is 22.3 Å². The maximum absolute atomic E-state index is 9.67. The van der Waals surface area contributed by atoms with Gasteiger partial charge in [0, 0.05) is 28.1 Å². The van der Waals surface area contributed by atoms with E-state index in [0.29, 0.717) is 12.4 Å². The summed E-state index contributed by atoms with van der Waals surface area (Å²) in [6, 6.07) is 22.8. The zero-order valence-electron chi connectivity index (χ0n) is 14.9. The quantitative estimate of drug-likeness (QED) is 0.517. The van der Waals surface area contributed by atoms with E-state index in [4.69, 9.17) is 4.74 Å². The Kier molecular flexibility index (Phi) is 4.58. The molecule has 0 saturated heterocycles. The zero-order valence-corrected chi connectivity index (χ0v) is 14.9. The zero-order chi connectivity index (χ0) is 18.6. The largest absolute Gasteiger partial charge is 0.508 e. The predicted octanol–water partition coefficient (Wildman–Crippen LogP) is 5.14. The number of rotatable bonds is 5. The van der Waals surface area contributed by atoms with Crippen LogP contribution in [-0.4, -0.2) is 21.9 Å². The molecule has 0 unspecified atom stereocenters. The van der Waals surface area contributed by atoms with E-state index >= 15 is 0 Å². The van der Waals surface area contributed by atoms with E-state index in [2.05, 4.69) is 15.5 Å². The van der Waals surface area contributed by atoms with Gasteiger partial charge in [-0.05, 0) is 43.3 Å². The topological polar surface area (TPSA) is 67.3 Å². The Morgan fingerprint density at radius 1 is 0.889 bits per heavy atom. The lowest BCUT2D eigenvalue weighted by Gasteiger charge is -2.12. The molecule has 5 heteroatoms. The standard InChI is InChI=1S/C22H19N3O2/c1-2-27-18-12-10-15(11-13-18)21-19-8-3-4-9-20(19)22(25-24-21)23-16-6-5-7-17(26)14-16/h3-14,26H,2H2,1H3,(H,23,25). The summed E-state index contributed by atoms with van der Waals surface area (Å²) in [7, 11) is 0. The average Bonchev–Trinajstić information content (AvgIpc) is 2.69. The van der Waals surface area contributed by atoms with Gasteiger partial charge in [0.15, 0.2) is 5.82 Å². The molecule has 0 bridgehead atoms. The van der Waals surface area contributed by atoms with Crippen LogP contribution in [0.25, 0.3) is 22.0 Å². The van der Waals surface area contributed by atoms with Crippen molar-refractivity contribution in [3.05, 3.63) is 72.8 Å². The van der Waals surface area contributed by atoms with E-state index < -0.39 is 0 Å². The molecule has 27 heavy (non-hydrogen) atoms. The molecule has 0 radical (unpaired) electrons.